The van der Waals surface area contributed by atoms with Gasteiger partial charge < -0.3 is 10.3 Å². The second-order valence-corrected chi connectivity index (χ2v) is 6.78. The van der Waals surface area contributed by atoms with Gasteiger partial charge in [-0.25, -0.2) is 4.98 Å². The predicted octanol–water partition coefficient (Wildman–Crippen LogP) is 4.56. The molecule has 0 aliphatic carbocycles. The minimum Gasteiger partial charge on any atom is -0.329 e. The largest absolute Gasteiger partial charge is 0.433 e. The van der Waals surface area contributed by atoms with Gasteiger partial charge in [0.05, 0.1) is 0 Å². The van der Waals surface area contributed by atoms with Gasteiger partial charge in [0.2, 0.25) is 0 Å². The van der Waals surface area contributed by atoms with Gasteiger partial charge in [0.1, 0.15) is 11.4 Å². The van der Waals surface area contributed by atoms with Crippen molar-refractivity contribution in [3.05, 3.63) is 88.4 Å². The van der Waals surface area contributed by atoms with E-state index in [2.05, 4.69) is 20.3 Å². The molecular weight excluding hydrogens is 409 g/mol. The molecule has 0 fully saturated rings. The van der Waals surface area contributed by atoms with Crippen LogP contribution in [0.25, 0.3) is 21.9 Å². The Labute approximate surface area is 173 Å². The first-order valence-electron chi connectivity index (χ1n) is 9.17. The summed E-state index contributed by atoms with van der Waals surface area (Å²) in [6.45, 7) is 1.71. The number of H-pyrrole nitrogens is 1. The SMILES string of the molecule is Cc1nc(C(=O)Nc2ccnc(C(F)(F)F)c2)ccc1-c1cccc2c(=O)[nH]ccc12. The average Bonchev–Trinajstić information content (AvgIpc) is 2.73. The maximum atomic E-state index is 12.8. The lowest BCUT2D eigenvalue weighted by Crippen LogP contribution is -2.15. The molecule has 156 valence electrons. The van der Waals surface area contributed by atoms with E-state index in [1.54, 1.807) is 37.4 Å². The lowest BCUT2D eigenvalue weighted by molar-refractivity contribution is -0.141. The predicted molar refractivity (Wildman–Crippen MR) is 110 cm³/mol. The lowest BCUT2D eigenvalue weighted by Gasteiger charge is -2.11. The molecule has 0 bridgehead atoms. The summed E-state index contributed by atoms with van der Waals surface area (Å²) in [5.41, 5.74) is 0.743. The monoisotopic (exact) mass is 424 g/mol. The molecule has 1 amide bonds. The Bertz CT molecular complexity index is 1360. The van der Waals surface area contributed by atoms with Gasteiger partial charge in [-0.1, -0.05) is 18.2 Å². The number of pyridine rings is 3. The Hall–Kier alpha value is -4.01. The molecule has 0 spiro atoms. The van der Waals surface area contributed by atoms with Crippen LogP contribution in [0.1, 0.15) is 21.9 Å². The van der Waals surface area contributed by atoms with Crippen LogP contribution in [0.15, 0.2) is 65.7 Å². The van der Waals surface area contributed by atoms with E-state index in [0.29, 0.717) is 11.1 Å². The Morgan fingerprint density at radius 1 is 1.03 bits per heavy atom. The highest BCUT2D eigenvalue weighted by molar-refractivity contribution is 6.03. The van der Waals surface area contributed by atoms with E-state index in [-0.39, 0.29) is 16.9 Å². The maximum Gasteiger partial charge on any atom is 0.433 e. The van der Waals surface area contributed by atoms with Crippen LogP contribution in [0.4, 0.5) is 18.9 Å². The van der Waals surface area contributed by atoms with Gasteiger partial charge in [-0.2, -0.15) is 13.2 Å². The third-order valence-corrected chi connectivity index (χ3v) is 4.73. The summed E-state index contributed by atoms with van der Waals surface area (Å²) < 4.78 is 38.4. The number of aromatic nitrogens is 3. The summed E-state index contributed by atoms with van der Waals surface area (Å²) in [6, 6.07) is 12.3. The molecule has 2 N–H and O–H groups in total. The van der Waals surface area contributed by atoms with Gasteiger partial charge in [0, 0.05) is 34.7 Å². The molecular formula is C22H15F3N4O2. The van der Waals surface area contributed by atoms with Crippen molar-refractivity contribution in [1.82, 2.24) is 15.0 Å². The number of anilines is 1. The number of carbonyl (C=O) groups excluding carboxylic acids is 1. The molecule has 4 rings (SSSR count). The number of halogens is 3. The minimum atomic E-state index is -4.61. The summed E-state index contributed by atoms with van der Waals surface area (Å²) in [5, 5.41) is 3.68. The highest BCUT2D eigenvalue weighted by Gasteiger charge is 2.32. The smallest absolute Gasteiger partial charge is 0.329 e. The number of rotatable bonds is 3. The van der Waals surface area contributed by atoms with Gasteiger partial charge in [-0.05, 0) is 48.2 Å². The minimum absolute atomic E-state index is 0.0378. The van der Waals surface area contributed by atoms with Crippen LogP contribution in [-0.4, -0.2) is 20.9 Å². The fourth-order valence-electron chi connectivity index (χ4n) is 3.29. The molecule has 6 nitrogen and oxygen atoms in total. The Morgan fingerprint density at radius 2 is 1.84 bits per heavy atom. The normalized spacial score (nSPS) is 11.5. The van der Waals surface area contributed by atoms with E-state index in [1.807, 2.05) is 6.07 Å². The van der Waals surface area contributed by atoms with Gasteiger partial charge in [-0.15, -0.1) is 0 Å². The molecule has 0 aliphatic rings. The van der Waals surface area contributed by atoms with E-state index in [1.165, 1.54) is 12.1 Å². The van der Waals surface area contributed by atoms with Gasteiger partial charge in [0.25, 0.3) is 11.5 Å². The van der Waals surface area contributed by atoms with Crippen molar-refractivity contribution in [3.63, 3.8) is 0 Å². The molecule has 0 unspecified atom stereocenters. The van der Waals surface area contributed by atoms with Crippen molar-refractivity contribution in [2.24, 2.45) is 0 Å². The number of alkyl halides is 3. The number of hydrogen-bond acceptors (Lipinski definition) is 4. The van der Waals surface area contributed by atoms with E-state index in [9.17, 15) is 22.8 Å². The van der Waals surface area contributed by atoms with Crippen molar-refractivity contribution < 1.29 is 18.0 Å². The summed E-state index contributed by atoms with van der Waals surface area (Å²) >= 11 is 0. The van der Waals surface area contributed by atoms with Crippen LogP contribution in [0.3, 0.4) is 0 Å². The quantitative estimate of drug-likeness (QED) is 0.505. The summed E-state index contributed by atoms with van der Waals surface area (Å²) in [5.74, 6) is -0.650. The van der Waals surface area contributed by atoms with Gasteiger partial charge >= 0.3 is 6.18 Å². The zero-order valence-electron chi connectivity index (χ0n) is 16.1. The van der Waals surface area contributed by atoms with Gasteiger partial charge in [0.15, 0.2) is 0 Å². The van der Waals surface area contributed by atoms with Crippen LogP contribution in [0.5, 0.6) is 0 Å². The molecule has 0 aliphatic heterocycles. The molecule has 3 heterocycles. The molecule has 0 radical (unpaired) electrons. The number of amides is 1. The van der Waals surface area contributed by atoms with Crippen LogP contribution >= 0.6 is 0 Å². The van der Waals surface area contributed by atoms with E-state index >= 15 is 0 Å². The average molecular weight is 424 g/mol. The molecule has 3 aromatic heterocycles. The number of nitrogens with one attached hydrogen (secondary N) is 2. The molecule has 0 atom stereocenters. The zero-order valence-corrected chi connectivity index (χ0v) is 16.1. The third kappa shape index (κ3) is 4.02. The Kier molecular flexibility index (Phi) is 5.02. The van der Waals surface area contributed by atoms with Crippen LogP contribution in [-0.2, 0) is 6.18 Å². The van der Waals surface area contributed by atoms with E-state index in [4.69, 9.17) is 0 Å². The maximum absolute atomic E-state index is 12.8. The second-order valence-electron chi connectivity index (χ2n) is 6.78. The summed E-state index contributed by atoms with van der Waals surface area (Å²) in [6.07, 6.45) is -2.08. The van der Waals surface area contributed by atoms with Crippen molar-refractivity contribution >= 4 is 22.4 Å². The van der Waals surface area contributed by atoms with Crippen LogP contribution in [0, 0.1) is 6.92 Å². The summed E-state index contributed by atoms with van der Waals surface area (Å²) in [7, 11) is 0. The number of fused-ring (bicyclic) bond motifs is 1. The van der Waals surface area contributed by atoms with Crippen molar-refractivity contribution in [2.75, 3.05) is 5.32 Å². The first kappa shape index (κ1) is 20.3. The standard InChI is InChI=1S/C22H15F3N4O2/c1-12-14(15-3-2-4-17-16(15)8-10-27-20(17)30)5-6-18(28-12)21(31)29-13-7-9-26-19(11-13)22(23,24)25/h2-11H,1H3,(H,27,30)(H,26,29,31). The third-order valence-electron chi connectivity index (χ3n) is 4.73. The zero-order chi connectivity index (χ0) is 22.2. The highest BCUT2D eigenvalue weighted by Crippen LogP contribution is 2.30. The van der Waals surface area contributed by atoms with Crippen LogP contribution in [0.2, 0.25) is 0 Å². The van der Waals surface area contributed by atoms with Crippen LogP contribution < -0.4 is 10.9 Å². The van der Waals surface area contributed by atoms with E-state index < -0.39 is 17.8 Å². The first-order valence-corrected chi connectivity index (χ1v) is 9.17. The van der Waals surface area contributed by atoms with Crippen molar-refractivity contribution in [2.45, 2.75) is 13.1 Å². The molecule has 1 aromatic carbocycles. The number of nitrogens with zero attached hydrogens (tertiary/aromatic N) is 2. The lowest BCUT2D eigenvalue weighted by atomic mass is 9.98. The van der Waals surface area contributed by atoms with Crippen molar-refractivity contribution in [3.8, 4) is 11.1 Å². The molecule has 0 saturated carbocycles. The number of aryl methyl sites for hydroxylation is 1. The fraction of sp³-hybridized carbons (Fsp3) is 0.0909. The van der Waals surface area contributed by atoms with Crippen molar-refractivity contribution in [1.29, 1.82) is 0 Å². The van der Waals surface area contributed by atoms with Gasteiger partial charge in [-0.3, -0.25) is 14.6 Å². The topological polar surface area (TPSA) is 87.7 Å². The Morgan fingerprint density at radius 3 is 2.58 bits per heavy atom. The Balaban J connectivity index is 1.65. The number of benzene rings is 1. The summed E-state index contributed by atoms with van der Waals surface area (Å²) in [4.78, 5) is 34.8. The second kappa shape index (κ2) is 7.67. The molecule has 9 heteroatoms. The molecule has 0 saturated heterocycles. The highest BCUT2D eigenvalue weighted by atomic mass is 19.4. The molecule has 31 heavy (non-hydrogen) atoms. The number of aromatic amines is 1. The number of carbonyl (C=O) groups is 1. The van der Waals surface area contributed by atoms with E-state index in [0.717, 1.165) is 28.8 Å². The first-order chi connectivity index (χ1) is 14.7. The number of hydrogen-bond donors (Lipinski definition) is 2. The molecule has 4 aromatic rings. The fourth-order valence-corrected chi connectivity index (χ4v) is 3.29.